The van der Waals surface area contributed by atoms with Crippen LogP contribution in [0.3, 0.4) is 0 Å². The normalized spacial score (nSPS) is 28.2. The van der Waals surface area contributed by atoms with Gasteiger partial charge in [-0.15, -0.1) is 5.10 Å². The fraction of sp³-hybridized carbons (Fsp3) is 0.647. The summed E-state index contributed by atoms with van der Waals surface area (Å²) in [6.07, 6.45) is 18.6. The van der Waals surface area contributed by atoms with Crippen LogP contribution >= 0.6 is 0 Å². The molecule has 2 heterocycles. The average molecular weight is 834 g/mol. The summed E-state index contributed by atoms with van der Waals surface area (Å²) in [4.78, 5) is 18.9. The Labute approximate surface area is 363 Å². The van der Waals surface area contributed by atoms with Crippen molar-refractivity contribution in [2.75, 3.05) is 20.8 Å². The summed E-state index contributed by atoms with van der Waals surface area (Å²) in [7, 11) is 3.23. The lowest BCUT2D eigenvalue weighted by Crippen LogP contribution is -2.51. The van der Waals surface area contributed by atoms with Gasteiger partial charge >= 0.3 is 0 Å². The number of para-hydroxylation sites is 1. The molecule has 2 aromatic carbocycles. The van der Waals surface area contributed by atoms with E-state index in [1.807, 2.05) is 60.3 Å². The van der Waals surface area contributed by atoms with E-state index in [4.69, 9.17) is 23.9 Å². The van der Waals surface area contributed by atoms with Crippen molar-refractivity contribution in [3.8, 4) is 11.5 Å². The standard InChI is InChI=1S/C51H71N5O5/c1-9-56-45-30-37(58-7)18-22-44(45)52-47(49(56)57)48(40-15-10-11-16-46(40)59-8)61-32-36-31-55(54-53-36)27-28-60-38-23-25-50(5)35(29-38)17-19-39-42-21-20-41(34(4)14-12-13-33(2)3)51(42,6)26-24-43(39)50/h10-11,15-18,22,30-31,33-34,38-39,41-43,48H,9,12-14,19-21,23-29,32H2,1-8H3/t34-,38+,39+,41-,42+,43+,48?,50+,51-/m1/s1. The molecule has 1 unspecified atom stereocenters. The van der Waals surface area contributed by atoms with Crippen molar-refractivity contribution in [2.45, 2.75) is 144 Å². The number of aromatic nitrogens is 5. The van der Waals surface area contributed by atoms with Crippen molar-refractivity contribution >= 4 is 11.0 Å². The molecule has 0 spiro atoms. The average Bonchev–Trinajstić information content (AvgIpc) is 3.87. The summed E-state index contributed by atoms with van der Waals surface area (Å²) in [5, 5.41) is 8.87. The van der Waals surface area contributed by atoms with Crippen LogP contribution < -0.4 is 15.0 Å². The first-order valence-electron chi connectivity index (χ1n) is 23.5. The topological polar surface area (TPSA) is 103 Å². The molecule has 330 valence electrons. The number of hydrogen-bond acceptors (Lipinski definition) is 8. The van der Waals surface area contributed by atoms with E-state index in [1.165, 1.54) is 57.8 Å². The molecule has 0 radical (unpaired) electrons. The first-order chi connectivity index (χ1) is 29.5. The van der Waals surface area contributed by atoms with Gasteiger partial charge in [0.25, 0.3) is 5.56 Å². The summed E-state index contributed by atoms with van der Waals surface area (Å²) in [6.45, 7) is 16.4. The first-order valence-corrected chi connectivity index (χ1v) is 23.5. The molecule has 4 aromatic rings. The lowest BCUT2D eigenvalue weighted by molar-refractivity contribution is -0.0645. The van der Waals surface area contributed by atoms with Gasteiger partial charge in [0, 0.05) is 18.2 Å². The molecular weight excluding hydrogens is 763 g/mol. The first kappa shape index (κ1) is 43.6. The number of rotatable bonds is 17. The third-order valence-corrected chi connectivity index (χ3v) is 16.1. The Hall–Kier alpha value is -4.02. The fourth-order valence-electron chi connectivity index (χ4n) is 12.8. The second-order valence-electron chi connectivity index (χ2n) is 19.8. The number of benzene rings is 2. The maximum Gasteiger partial charge on any atom is 0.275 e. The van der Waals surface area contributed by atoms with Gasteiger partial charge in [-0.1, -0.05) is 88.9 Å². The molecular formula is C51H71N5O5. The minimum Gasteiger partial charge on any atom is -0.497 e. The minimum atomic E-state index is -0.802. The van der Waals surface area contributed by atoms with Crippen LogP contribution in [0.15, 0.2) is 65.1 Å². The number of fused-ring (bicyclic) bond motifs is 6. The van der Waals surface area contributed by atoms with E-state index in [2.05, 4.69) is 51.0 Å². The molecule has 4 aliphatic rings. The van der Waals surface area contributed by atoms with E-state index >= 15 is 0 Å². The highest BCUT2D eigenvalue weighted by atomic mass is 16.5. The largest absolute Gasteiger partial charge is 0.497 e. The molecule has 9 atom stereocenters. The maximum atomic E-state index is 14.1. The quantitative estimate of drug-likeness (QED) is 0.0969. The molecule has 0 amide bonds. The Bertz CT molecular complexity index is 2230. The predicted octanol–water partition coefficient (Wildman–Crippen LogP) is 10.8. The van der Waals surface area contributed by atoms with Crippen LogP contribution in [0.5, 0.6) is 11.5 Å². The second kappa shape index (κ2) is 18.4. The van der Waals surface area contributed by atoms with Crippen LogP contribution in [0, 0.1) is 46.3 Å². The van der Waals surface area contributed by atoms with Gasteiger partial charge in [0.05, 0.1) is 57.3 Å². The van der Waals surface area contributed by atoms with Crippen LogP contribution in [0.4, 0.5) is 0 Å². The van der Waals surface area contributed by atoms with E-state index in [9.17, 15) is 4.79 Å². The highest BCUT2D eigenvalue weighted by Crippen LogP contribution is 2.67. The van der Waals surface area contributed by atoms with Crippen LogP contribution in [-0.4, -0.2) is 51.5 Å². The highest BCUT2D eigenvalue weighted by Gasteiger charge is 2.59. The van der Waals surface area contributed by atoms with Gasteiger partial charge < -0.3 is 23.5 Å². The van der Waals surface area contributed by atoms with Gasteiger partial charge in [-0.25, -0.2) is 9.67 Å². The molecule has 8 rings (SSSR count). The SMILES string of the molecule is CCn1c(=O)c(C(OCc2cn(CCO[C@H]3CC[C@@]4(C)C(=CC[C@H]5[C@@H]6CC[C@H]([C@H](C)CCCC(C)C)[C@@]6(C)CC[C@@H]54)C3)nn2)c2ccccc2OC)nc2ccc(OC)cc21. The molecule has 10 heteroatoms. The zero-order chi connectivity index (χ0) is 42.9. The van der Waals surface area contributed by atoms with Crippen molar-refractivity contribution in [1.29, 1.82) is 0 Å². The van der Waals surface area contributed by atoms with Gasteiger partial charge in [0.1, 0.15) is 29.0 Å². The predicted molar refractivity (Wildman–Crippen MR) is 241 cm³/mol. The molecule has 0 aliphatic heterocycles. The Morgan fingerprint density at radius 3 is 2.57 bits per heavy atom. The fourth-order valence-corrected chi connectivity index (χ4v) is 12.8. The van der Waals surface area contributed by atoms with Crippen molar-refractivity contribution in [2.24, 2.45) is 46.3 Å². The summed E-state index contributed by atoms with van der Waals surface area (Å²) in [5.41, 5.74) is 5.31. The van der Waals surface area contributed by atoms with E-state index in [-0.39, 0.29) is 24.0 Å². The molecule has 0 bridgehead atoms. The zero-order valence-electron chi connectivity index (χ0n) is 38.2. The van der Waals surface area contributed by atoms with Crippen molar-refractivity contribution in [3.63, 3.8) is 0 Å². The second-order valence-corrected chi connectivity index (χ2v) is 19.8. The molecule has 3 fully saturated rings. The van der Waals surface area contributed by atoms with Crippen LogP contribution in [0.25, 0.3) is 11.0 Å². The monoisotopic (exact) mass is 834 g/mol. The number of ether oxygens (including phenoxy) is 4. The summed E-state index contributed by atoms with van der Waals surface area (Å²) in [6, 6.07) is 13.2. The number of allylic oxidation sites excluding steroid dienone is 1. The van der Waals surface area contributed by atoms with E-state index in [0.29, 0.717) is 64.3 Å². The van der Waals surface area contributed by atoms with Crippen LogP contribution in [0.1, 0.15) is 135 Å². The Morgan fingerprint density at radius 1 is 0.951 bits per heavy atom. The maximum absolute atomic E-state index is 14.1. The molecule has 3 saturated carbocycles. The zero-order valence-corrected chi connectivity index (χ0v) is 38.2. The van der Waals surface area contributed by atoms with Gasteiger partial charge in [-0.05, 0) is 123 Å². The van der Waals surface area contributed by atoms with Crippen molar-refractivity contribution in [1.82, 2.24) is 24.5 Å². The molecule has 2 aromatic heterocycles. The van der Waals surface area contributed by atoms with Crippen LogP contribution in [0.2, 0.25) is 0 Å². The summed E-state index contributed by atoms with van der Waals surface area (Å²) >= 11 is 0. The van der Waals surface area contributed by atoms with Gasteiger partial charge in [0.2, 0.25) is 0 Å². The Kier molecular flexibility index (Phi) is 13.1. The van der Waals surface area contributed by atoms with Gasteiger partial charge in [0.15, 0.2) is 0 Å². The molecule has 61 heavy (non-hydrogen) atoms. The molecule has 0 saturated heterocycles. The minimum absolute atomic E-state index is 0.132. The van der Waals surface area contributed by atoms with E-state index < -0.39 is 6.10 Å². The third kappa shape index (κ3) is 8.57. The number of hydrogen-bond donors (Lipinski definition) is 0. The Morgan fingerprint density at radius 2 is 1.79 bits per heavy atom. The lowest BCUT2D eigenvalue weighted by atomic mass is 9.47. The van der Waals surface area contributed by atoms with Gasteiger partial charge in [-0.2, -0.15) is 0 Å². The number of aryl methyl sites for hydroxylation is 1. The van der Waals surface area contributed by atoms with E-state index in [0.717, 1.165) is 48.3 Å². The molecule has 10 nitrogen and oxygen atoms in total. The Balaban J connectivity index is 0.886. The molecule has 4 aliphatic carbocycles. The molecule has 0 N–H and O–H groups in total. The highest BCUT2D eigenvalue weighted by molar-refractivity contribution is 5.76. The van der Waals surface area contributed by atoms with E-state index in [1.54, 1.807) is 24.4 Å². The number of methoxy groups -OCH3 is 2. The lowest BCUT2D eigenvalue weighted by Gasteiger charge is -2.58. The summed E-state index contributed by atoms with van der Waals surface area (Å²) in [5.74, 6) is 6.38. The third-order valence-electron chi connectivity index (χ3n) is 16.1. The van der Waals surface area contributed by atoms with Crippen molar-refractivity contribution < 1.29 is 18.9 Å². The summed E-state index contributed by atoms with van der Waals surface area (Å²) < 4.78 is 27.9. The van der Waals surface area contributed by atoms with Gasteiger partial charge in [-0.3, -0.25) is 4.79 Å². The smallest absolute Gasteiger partial charge is 0.275 e. The van der Waals surface area contributed by atoms with Crippen LogP contribution in [-0.2, 0) is 29.2 Å². The number of nitrogens with zero attached hydrogens (tertiary/aromatic N) is 5. The van der Waals surface area contributed by atoms with Crippen molar-refractivity contribution in [3.05, 3.63) is 87.6 Å².